The second-order valence-electron chi connectivity index (χ2n) is 5.70. The SMILES string of the molecule is CC(C)n1cc(Cl)cc1C(=O)NC1(CC(=O)O)CCC1. The molecule has 1 saturated carbocycles. The van der Waals surface area contributed by atoms with Gasteiger partial charge in [-0.3, -0.25) is 9.59 Å². The van der Waals surface area contributed by atoms with Gasteiger partial charge in [0.05, 0.1) is 17.0 Å². The summed E-state index contributed by atoms with van der Waals surface area (Å²) in [5.74, 6) is -1.14. The van der Waals surface area contributed by atoms with Crippen LogP contribution in [-0.4, -0.2) is 27.1 Å². The van der Waals surface area contributed by atoms with Crippen LogP contribution in [0.1, 0.15) is 56.1 Å². The van der Waals surface area contributed by atoms with Gasteiger partial charge in [-0.25, -0.2) is 0 Å². The first-order chi connectivity index (χ1) is 9.33. The first kappa shape index (κ1) is 14.9. The first-order valence-electron chi connectivity index (χ1n) is 6.75. The Hall–Kier alpha value is -1.49. The van der Waals surface area contributed by atoms with E-state index in [1.165, 1.54) is 0 Å². The molecule has 6 heteroatoms. The van der Waals surface area contributed by atoms with Crippen molar-refractivity contribution in [2.24, 2.45) is 0 Å². The van der Waals surface area contributed by atoms with Gasteiger partial charge in [-0.1, -0.05) is 11.6 Å². The number of aliphatic carboxylic acids is 1. The molecule has 0 saturated heterocycles. The molecule has 0 aromatic carbocycles. The molecular weight excluding hydrogens is 280 g/mol. The smallest absolute Gasteiger partial charge is 0.305 e. The molecule has 1 aliphatic rings. The third-order valence-corrected chi connectivity index (χ3v) is 3.99. The van der Waals surface area contributed by atoms with Gasteiger partial charge in [0.25, 0.3) is 5.91 Å². The largest absolute Gasteiger partial charge is 0.481 e. The molecule has 2 N–H and O–H groups in total. The number of hydrogen-bond donors (Lipinski definition) is 2. The van der Waals surface area contributed by atoms with Crippen molar-refractivity contribution in [3.8, 4) is 0 Å². The van der Waals surface area contributed by atoms with E-state index < -0.39 is 11.5 Å². The molecule has 1 amide bonds. The average Bonchev–Trinajstić information content (AvgIpc) is 2.68. The highest BCUT2D eigenvalue weighted by Gasteiger charge is 2.40. The Morgan fingerprint density at radius 1 is 1.50 bits per heavy atom. The zero-order valence-electron chi connectivity index (χ0n) is 11.6. The zero-order valence-corrected chi connectivity index (χ0v) is 12.4. The van der Waals surface area contributed by atoms with Crippen LogP contribution >= 0.6 is 11.6 Å². The van der Waals surface area contributed by atoms with Crippen molar-refractivity contribution >= 4 is 23.5 Å². The van der Waals surface area contributed by atoms with E-state index in [-0.39, 0.29) is 18.4 Å². The lowest BCUT2D eigenvalue weighted by Gasteiger charge is -2.41. The third kappa shape index (κ3) is 2.98. The Morgan fingerprint density at radius 2 is 2.15 bits per heavy atom. The number of carboxylic acid groups (broad SMARTS) is 1. The van der Waals surface area contributed by atoms with E-state index in [0.717, 1.165) is 6.42 Å². The van der Waals surface area contributed by atoms with E-state index in [1.54, 1.807) is 16.8 Å². The summed E-state index contributed by atoms with van der Waals surface area (Å²) in [5, 5.41) is 12.4. The fraction of sp³-hybridized carbons (Fsp3) is 0.571. The summed E-state index contributed by atoms with van der Waals surface area (Å²) >= 11 is 5.96. The van der Waals surface area contributed by atoms with Crippen molar-refractivity contribution in [2.45, 2.75) is 51.1 Å². The van der Waals surface area contributed by atoms with Crippen LogP contribution in [0.4, 0.5) is 0 Å². The molecule has 1 fully saturated rings. The maximum atomic E-state index is 12.4. The number of halogens is 1. The van der Waals surface area contributed by atoms with Crippen LogP contribution in [0.3, 0.4) is 0 Å². The molecule has 20 heavy (non-hydrogen) atoms. The van der Waals surface area contributed by atoms with Crippen LogP contribution < -0.4 is 5.32 Å². The summed E-state index contributed by atoms with van der Waals surface area (Å²) < 4.78 is 1.80. The lowest BCUT2D eigenvalue weighted by Crippen LogP contribution is -2.55. The molecule has 1 aromatic heterocycles. The molecular formula is C14H19ClN2O3. The lowest BCUT2D eigenvalue weighted by molar-refractivity contribution is -0.139. The second-order valence-corrected chi connectivity index (χ2v) is 6.14. The second kappa shape index (κ2) is 5.48. The Labute approximate surface area is 122 Å². The average molecular weight is 299 g/mol. The molecule has 0 atom stereocenters. The number of carboxylic acids is 1. The molecule has 0 bridgehead atoms. The molecule has 0 spiro atoms. The predicted molar refractivity (Wildman–Crippen MR) is 76.1 cm³/mol. The van der Waals surface area contributed by atoms with Crippen LogP contribution in [0.25, 0.3) is 0 Å². The Balaban J connectivity index is 2.17. The minimum atomic E-state index is -0.887. The number of nitrogens with one attached hydrogen (secondary N) is 1. The van der Waals surface area contributed by atoms with Crippen molar-refractivity contribution in [3.05, 3.63) is 23.0 Å². The van der Waals surface area contributed by atoms with E-state index in [2.05, 4.69) is 5.32 Å². The molecule has 110 valence electrons. The van der Waals surface area contributed by atoms with Crippen molar-refractivity contribution in [1.82, 2.24) is 9.88 Å². The molecule has 1 aliphatic carbocycles. The molecule has 0 aliphatic heterocycles. The molecule has 1 heterocycles. The summed E-state index contributed by atoms with van der Waals surface area (Å²) in [6.07, 6.45) is 4.04. The van der Waals surface area contributed by atoms with Crippen molar-refractivity contribution in [3.63, 3.8) is 0 Å². The maximum Gasteiger partial charge on any atom is 0.305 e. The number of carbonyl (C=O) groups is 2. The van der Waals surface area contributed by atoms with Gasteiger partial charge >= 0.3 is 5.97 Å². The van der Waals surface area contributed by atoms with E-state index in [1.807, 2.05) is 13.8 Å². The molecule has 2 rings (SSSR count). The number of hydrogen-bond acceptors (Lipinski definition) is 2. The fourth-order valence-corrected chi connectivity index (χ4v) is 2.81. The highest BCUT2D eigenvalue weighted by molar-refractivity contribution is 6.31. The maximum absolute atomic E-state index is 12.4. The van der Waals surface area contributed by atoms with Crippen LogP contribution in [0.5, 0.6) is 0 Å². The van der Waals surface area contributed by atoms with Gasteiger partial charge in [-0.2, -0.15) is 0 Å². The van der Waals surface area contributed by atoms with E-state index in [9.17, 15) is 9.59 Å². The summed E-state index contributed by atoms with van der Waals surface area (Å²) in [6.45, 7) is 3.92. The highest BCUT2D eigenvalue weighted by Crippen LogP contribution is 2.35. The van der Waals surface area contributed by atoms with Crippen LogP contribution in [0, 0.1) is 0 Å². The number of amides is 1. The summed E-state index contributed by atoms with van der Waals surface area (Å²) in [7, 11) is 0. The lowest BCUT2D eigenvalue weighted by atomic mass is 9.74. The van der Waals surface area contributed by atoms with Gasteiger partial charge in [-0.05, 0) is 39.2 Å². The monoisotopic (exact) mass is 298 g/mol. The van der Waals surface area contributed by atoms with Gasteiger partial charge in [0.2, 0.25) is 0 Å². The summed E-state index contributed by atoms with van der Waals surface area (Å²) in [6, 6.07) is 1.73. The van der Waals surface area contributed by atoms with E-state index >= 15 is 0 Å². The Bertz CT molecular complexity index is 533. The van der Waals surface area contributed by atoms with Crippen LogP contribution in [-0.2, 0) is 4.79 Å². The van der Waals surface area contributed by atoms with Crippen molar-refractivity contribution in [1.29, 1.82) is 0 Å². The van der Waals surface area contributed by atoms with E-state index in [0.29, 0.717) is 23.6 Å². The van der Waals surface area contributed by atoms with Gasteiger partial charge < -0.3 is 15.0 Å². The number of nitrogens with zero attached hydrogens (tertiary/aromatic N) is 1. The minimum absolute atomic E-state index is 0.0329. The third-order valence-electron chi connectivity index (χ3n) is 3.78. The molecule has 0 radical (unpaired) electrons. The number of rotatable bonds is 5. The summed E-state index contributed by atoms with van der Waals surface area (Å²) in [5.41, 5.74) is -0.122. The first-order valence-corrected chi connectivity index (χ1v) is 7.12. The molecule has 0 unspecified atom stereocenters. The molecule has 5 nitrogen and oxygen atoms in total. The fourth-order valence-electron chi connectivity index (χ4n) is 2.60. The minimum Gasteiger partial charge on any atom is -0.481 e. The number of carbonyl (C=O) groups excluding carboxylic acids is 1. The summed E-state index contributed by atoms with van der Waals surface area (Å²) in [4.78, 5) is 23.3. The van der Waals surface area contributed by atoms with Gasteiger partial charge in [0, 0.05) is 12.2 Å². The quantitative estimate of drug-likeness (QED) is 0.878. The zero-order chi connectivity index (χ0) is 14.9. The Kier molecular flexibility index (Phi) is 4.09. The standard InChI is InChI=1S/C14H19ClN2O3/c1-9(2)17-8-10(15)6-11(17)13(20)16-14(4-3-5-14)7-12(18)19/h6,8-9H,3-5,7H2,1-2H3,(H,16,20)(H,18,19). The van der Waals surface area contributed by atoms with Crippen molar-refractivity contribution in [2.75, 3.05) is 0 Å². The topological polar surface area (TPSA) is 71.3 Å². The molecule has 1 aromatic rings. The van der Waals surface area contributed by atoms with Crippen LogP contribution in [0.2, 0.25) is 5.02 Å². The van der Waals surface area contributed by atoms with Gasteiger partial charge in [0.15, 0.2) is 0 Å². The normalized spacial score (nSPS) is 16.8. The van der Waals surface area contributed by atoms with Crippen molar-refractivity contribution < 1.29 is 14.7 Å². The highest BCUT2D eigenvalue weighted by atomic mass is 35.5. The van der Waals surface area contributed by atoms with E-state index in [4.69, 9.17) is 16.7 Å². The van der Waals surface area contributed by atoms with Gasteiger partial charge in [-0.15, -0.1) is 0 Å². The van der Waals surface area contributed by atoms with Gasteiger partial charge in [0.1, 0.15) is 5.69 Å². The Morgan fingerprint density at radius 3 is 2.60 bits per heavy atom. The van der Waals surface area contributed by atoms with Crippen LogP contribution in [0.15, 0.2) is 12.3 Å². The number of aromatic nitrogens is 1. The predicted octanol–water partition coefficient (Wildman–Crippen LogP) is 2.85.